The van der Waals surface area contributed by atoms with Crippen molar-refractivity contribution in [1.82, 2.24) is 10.2 Å². The van der Waals surface area contributed by atoms with Gasteiger partial charge in [-0.1, -0.05) is 12.1 Å². The fourth-order valence-corrected chi connectivity index (χ4v) is 2.99. The average Bonchev–Trinajstić information content (AvgIpc) is 2.88. The molecule has 1 saturated heterocycles. The second-order valence-electron chi connectivity index (χ2n) is 5.65. The summed E-state index contributed by atoms with van der Waals surface area (Å²) in [5.74, 6) is 1.03. The first-order chi connectivity index (χ1) is 9.24. The number of hydrogen-bond donors (Lipinski definition) is 2. The number of benzene rings is 1. The van der Waals surface area contributed by atoms with Gasteiger partial charge in [0.15, 0.2) is 0 Å². The fourth-order valence-electron chi connectivity index (χ4n) is 2.99. The van der Waals surface area contributed by atoms with Crippen LogP contribution in [0.5, 0.6) is 5.75 Å². The Labute approximate surface area is 114 Å². The van der Waals surface area contributed by atoms with Crippen LogP contribution in [-0.4, -0.2) is 44.2 Å². The number of nitrogens with one attached hydrogen (secondary N) is 1. The third kappa shape index (κ3) is 2.76. The van der Waals surface area contributed by atoms with Crippen LogP contribution < -0.4 is 15.8 Å². The summed E-state index contributed by atoms with van der Waals surface area (Å²) in [4.78, 5) is 2.41. The van der Waals surface area contributed by atoms with E-state index in [0.717, 1.165) is 44.8 Å². The Hall–Kier alpha value is -1.10. The molecular weight excluding hydrogens is 238 g/mol. The Morgan fingerprint density at radius 3 is 3.26 bits per heavy atom. The molecule has 0 aliphatic carbocycles. The molecule has 104 valence electrons. The summed E-state index contributed by atoms with van der Waals surface area (Å²) in [6.07, 6.45) is 2.02. The van der Waals surface area contributed by atoms with Crippen molar-refractivity contribution in [3.05, 3.63) is 29.3 Å². The van der Waals surface area contributed by atoms with Crippen molar-refractivity contribution in [2.24, 2.45) is 5.73 Å². The van der Waals surface area contributed by atoms with Gasteiger partial charge < -0.3 is 20.7 Å². The summed E-state index contributed by atoms with van der Waals surface area (Å²) in [5.41, 5.74) is 8.93. The van der Waals surface area contributed by atoms with Crippen LogP contribution in [0, 0.1) is 0 Å². The summed E-state index contributed by atoms with van der Waals surface area (Å²) >= 11 is 0. The van der Waals surface area contributed by atoms with Crippen molar-refractivity contribution in [2.45, 2.75) is 24.9 Å². The molecule has 1 aromatic carbocycles. The Bertz CT molecular complexity index is 449. The van der Waals surface area contributed by atoms with E-state index in [0.29, 0.717) is 6.04 Å². The van der Waals surface area contributed by atoms with Gasteiger partial charge in [-0.15, -0.1) is 0 Å². The molecule has 3 rings (SSSR count). The van der Waals surface area contributed by atoms with Crippen molar-refractivity contribution in [1.29, 1.82) is 0 Å². The summed E-state index contributed by atoms with van der Waals surface area (Å²) in [7, 11) is 2.19. The summed E-state index contributed by atoms with van der Waals surface area (Å²) in [5, 5.41) is 3.45. The van der Waals surface area contributed by atoms with Crippen molar-refractivity contribution in [2.75, 3.05) is 33.3 Å². The van der Waals surface area contributed by atoms with Crippen LogP contribution in [0.2, 0.25) is 0 Å². The summed E-state index contributed by atoms with van der Waals surface area (Å²) < 4.78 is 5.54. The van der Waals surface area contributed by atoms with Gasteiger partial charge in [0.1, 0.15) is 5.75 Å². The van der Waals surface area contributed by atoms with E-state index in [4.69, 9.17) is 10.5 Å². The lowest BCUT2D eigenvalue weighted by Gasteiger charge is -2.34. The molecule has 2 aliphatic rings. The molecule has 0 aromatic heterocycles. The number of nitrogens with two attached hydrogens (primary N) is 1. The highest BCUT2D eigenvalue weighted by Crippen LogP contribution is 2.29. The third-order valence-electron chi connectivity index (χ3n) is 4.31. The van der Waals surface area contributed by atoms with E-state index in [1.165, 1.54) is 11.1 Å². The highest BCUT2D eigenvalue weighted by molar-refractivity contribution is 5.40. The van der Waals surface area contributed by atoms with E-state index in [2.05, 4.69) is 35.5 Å². The monoisotopic (exact) mass is 261 g/mol. The van der Waals surface area contributed by atoms with Gasteiger partial charge in [0.25, 0.3) is 0 Å². The van der Waals surface area contributed by atoms with E-state index < -0.39 is 0 Å². The Morgan fingerprint density at radius 2 is 2.42 bits per heavy atom. The predicted molar refractivity (Wildman–Crippen MR) is 76.5 cm³/mol. The Balaban J connectivity index is 1.68. The van der Waals surface area contributed by atoms with Gasteiger partial charge in [-0.05, 0) is 30.7 Å². The third-order valence-corrected chi connectivity index (χ3v) is 4.31. The number of hydrogen-bond acceptors (Lipinski definition) is 4. The van der Waals surface area contributed by atoms with Crippen molar-refractivity contribution in [3.8, 4) is 5.75 Å². The lowest BCUT2D eigenvalue weighted by atomic mass is 9.96. The molecule has 0 bridgehead atoms. The first-order valence-electron chi connectivity index (χ1n) is 7.16. The molecule has 0 amide bonds. The molecule has 2 aliphatic heterocycles. The molecule has 2 unspecified atom stereocenters. The van der Waals surface area contributed by atoms with Crippen molar-refractivity contribution >= 4 is 0 Å². The standard InChI is InChI=1S/C15H23N3O/c1-18-6-5-17-10-13(18)9-14(16)11-2-3-15-12(8-11)4-7-19-15/h2-3,8,13-14,17H,4-7,9-10,16H2,1H3. The van der Waals surface area contributed by atoms with Crippen LogP contribution in [-0.2, 0) is 6.42 Å². The largest absolute Gasteiger partial charge is 0.493 e. The zero-order chi connectivity index (χ0) is 13.2. The molecule has 3 N–H and O–H groups in total. The first kappa shape index (κ1) is 12.9. The molecule has 0 spiro atoms. The van der Waals surface area contributed by atoms with Gasteiger partial charge in [-0.3, -0.25) is 0 Å². The minimum Gasteiger partial charge on any atom is -0.493 e. The topological polar surface area (TPSA) is 50.5 Å². The minimum absolute atomic E-state index is 0.109. The highest BCUT2D eigenvalue weighted by Gasteiger charge is 2.22. The zero-order valence-corrected chi connectivity index (χ0v) is 11.6. The van der Waals surface area contributed by atoms with Crippen LogP contribution in [0.3, 0.4) is 0 Å². The SMILES string of the molecule is CN1CCNCC1CC(N)c1ccc2c(c1)CCO2. The molecule has 0 radical (unpaired) electrons. The normalized spacial score (nSPS) is 24.8. The van der Waals surface area contributed by atoms with Crippen molar-refractivity contribution < 1.29 is 4.74 Å². The maximum Gasteiger partial charge on any atom is 0.122 e. The van der Waals surface area contributed by atoms with Crippen LogP contribution in [0.1, 0.15) is 23.6 Å². The smallest absolute Gasteiger partial charge is 0.122 e. The van der Waals surface area contributed by atoms with Gasteiger partial charge >= 0.3 is 0 Å². The van der Waals surface area contributed by atoms with Crippen LogP contribution in [0.15, 0.2) is 18.2 Å². The van der Waals surface area contributed by atoms with Crippen LogP contribution >= 0.6 is 0 Å². The molecule has 2 heterocycles. The molecule has 4 heteroatoms. The minimum atomic E-state index is 0.109. The van der Waals surface area contributed by atoms with E-state index in [1.807, 2.05) is 0 Å². The number of likely N-dealkylation sites (N-methyl/N-ethyl adjacent to an activating group) is 1. The number of fused-ring (bicyclic) bond motifs is 1. The van der Waals surface area contributed by atoms with Gasteiger partial charge in [0.2, 0.25) is 0 Å². The van der Waals surface area contributed by atoms with Crippen LogP contribution in [0.25, 0.3) is 0 Å². The van der Waals surface area contributed by atoms with E-state index in [1.54, 1.807) is 0 Å². The second kappa shape index (κ2) is 5.49. The Kier molecular flexibility index (Phi) is 3.73. The molecule has 1 fully saturated rings. The quantitative estimate of drug-likeness (QED) is 0.849. The van der Waals surface area contributed by atoms with Gasteiger partial charge in [-0.25, -0.2) is 0 Å². The fraction of sp³-hybridized carbons (Fsp3) is 0.600. The predicted octanol–water partition coefficient (Wildman–Crippen LogP) is 0.915. The summed E-state index contributed by atoms with van der Waals surface area (Å²) in [6.45, 7) is 4.04. The molecule has 2 atom stereocenters. The molecular formula is C15H23N3O. The zero-order valence-electron chi connectivity index (χ0n) is 11.6. The number of piperazine rings is 1. The first-order valence-corrected chi connectivity index (χ1v) is 7.16. The maximum atomic E-state index is 6.39. The molecule has 1 aromatic rings. The Morgan fingerprint density at radius 1 is 1.53 bits per heavy atom. The number of nitrogens with zero attached hydrogens (tertiary/aromatic N) is 1. The highest BCUT2D eigenvalue weighted by atomic mass is 16.5. The number of rotatable bonds is 3. The van der Waals surface area contributed by atoms with E-state index in [9.17, 15) is 0 Å². The maximum absolute atomic E-state index is 6.39. The van der Waals surface area contributed by atoms with Gasteiger partial charge in [0.05, 0.1) is 6.61 Å². The van der Waals surface area contributed by atoms with Crippen molar-refractivity contribution in [3.63, 3.8) is 0 Å². The second-order valence-corrected chi connectivity index (χ2v) is 5.65. The van der Waals surface area contributed by atoms with Crippen LogP contribution in [0.4, 0.5) is 0 Å². The average molecular weight is 261 g/mol. The molecule has 0 saturated carbocycles. The lowest BCUT2D eigenvalue weighted by molar-refractivity contribution is 0.182. The molecule has 4 nitrogen and oxygen atoms in total. The lowest BCUT2D eigenvalue weighted by Crippen LogP contribution is -2.50. The van der Waals surface area contributed by atoms with E-state index in [-0.39, 0.29) is 6.04 Å². The molecule has 19 heavy (non-hydrogen) atoms. The number of ether oxygens (including phenoxy) is 1. The van der Waals surface area contributed by atoms with Gasteiger partial charge in [-0.2, -0.15) is 0 Å². The van der Waals surface area contributed by atoms with Gasteiger partial charge in [0, 0.05) is 38.1 Å². The van der Waals surface area contributed by atoms with E-state index >= 15 is 0 Å². The summed E-state index contributed by atoms with van der Waals surface area (Å²) in [6, 6.07) is 7.06.